The minimum Gasteiger partial charge on any atom is -0.389 e. The van der Waals surface area contributed by atoms with Crippen molar-refractivity contribution in [1.82, 2.24) is 5.32 Å². The molecule has 0 spiro atoms. The number of nitrogens with two attached hydrogens (primary N) is 1. The van der Waals surface area contributed by atoms with Gasteiger partial charge in [0.05, 0.1) is 12.2 Å². The van der Waals surface area contributed by atoms with Crippen LogP contribution in [0.4, 0.5) is 0 Å². The number of aliphatic hydroxyl groups excluding tert-OH is 2. The summed E-state index contributed by atoms with van der Waals surface area (Å²) in [6.45, 7) is 0.905. The van der Waals surface area contributed by atoms with Crippen LogP contribution in [-0.2, 0) is 6.42 Å². The van der Waals surface area contributed by atoms with E-state index in [4.69, 9.17) is 5.73 Å². The zero-order chi connectivity index (χ0) is 13.0. The molecule has 4 atom stereocenters. The third kappa shape index (κ3) is 3.29. The zero-order valence-electron chi connectivity index (χ0n) is 10.5. The molecule has 100 valence electrons. The summed E-state index contributed by atoms with van der Waals surface area (Å²) in [7, 11) is 0. The van der Waals surface area contributed by atoms with Gasteiger partial charge < -0.3 is 21.3 Å². The fourth-order valence-corrected chi connectivity index (χ4v) is 2.50. The lowest BCUT2D eigenvalue weighted by Gasteiger charge is -2.28. The van der Waals surface area contributed by atoms with Gasteiger partial charge in [0.1, 0.15) is 0 Å². The Kier molecular flexibility index (Phi) is 4.72. The SMILES string of the molecule is NC(Cc1ccccc1)C(O)C(O)C1CCCN1. The summed E-state index contributed by atoms with van der Waals surface area (Å²) in [5.74, 6) is 0. The van der Waals surface area contributed by atoms with Crippen molar-refractivity contribution in [3.05, 3.63) is 35.9 Å². The normalized spacial score (nSPS) is 24.7. The summed E-state index contributed by atoms with van der Waals surface area (Å²) in [4.78, 5) is 0. The molecule has 0 saturated carbocycles. The molecule has 0 bridgehead atoms. The molecule has 0 aromatic heterocycles. The number of hydrogen-bond acceptors (Lipinski definition) is 4. The second-order valence-corrected chi connectivity index (χ2v) is 5.04. The molecule has 1 heterocycles. The first kappa shape index (κ1) is 13.5. The molecule has 4 unspecified atom stereocenters. The highest BCUT2D eigenvalue weighted by Gasteiger charge is 2.31. The first-order valence-electron chi connectivity index (χ1n) is 6.57. The van der Waals surface area contributed by atoms with Crippen molar-refractivity contribution in [1.29, 1.82) is 0 Å². The molecule has 0 aliphatic carbocycles. The lowest BCUT2D eigenvalue weighted by molar-refractivity contribution is -0.0135. The summed E-state index contributed by atoms with van der Waals surface area (Å²) >= 11 is 0. The van der Waals surface area contributed by atoms with Crippen molar-refractivity contribution in [2.45, 2.75) is 43.6 Å². The highest BCUT2D eigenvalue weighted by Crippen LogP contribution is 2.15. The molecular formula is C14H22N2O2. The third-order valence-electron chi connectivity index (χ3n) is 3.61. The molecule has 1 aliphatic rings. The quantitative estimate of drug-likeness (QED) is 0.594. The second-order valence-electron chi connectivity index (χ2n) is 5.04. The summed E-state index contributed by atoms with van der Waals surface area (Å²) < 4.78 is 0. The van der Waals surface area contributed by atoms with E-state index in [1.54, 1.807) is 0 Å². The lowest BCUT2D eigenvalue weighted by atomic mass is 9.94. The van der Waals surface area contributed by atoms with E-state index in [0.29, 0.717) is 6.42 Å². The van der Waals surface area contributed by atoms with E-state index in [1.165, 1.54) is 0 Å². The maximum Gasteiger partial charge on any atom is 0.0968 e. The molecule has 4 nitrogen and oxygen atoms in total. The van der Waals surface area contributed by atoms with E-state index < -0.39 is 18.2 Å². The molecule has 4 heteroatoms. The predicted molar refractivity (Wildman–Crippen MR) is 71.2 cm³/mol. The van der Waals surface area contributed by atoms with E-state index in [1.807, 2.05) is 30.3 Å². The number of aliphatic hydroxyl groups is 2. The molecule has 18 heavy (non-hydrogen) atoms. The third-order valence-corrected chi connectivity index (χ3v) is 3.61. The maximum absolute atomic E-state index is 10.1. The first-order valence-corrected chi connectivity index (χ1v) is 6.57. The molecule has 0 radical (unpaired) electrons. The minimum absolute atomic E-state index is 0.0261. The monoisotopic (exact) mass is 250 g/mol. The topological polar surface area (TPSA) is 78.5 Å². The van der Waals surface area contributed by atoms with E-state index >= 15 is 0 Å². The average Bonchev–Trinajstić information content (AvgIpc) is 2.92. The van der Waals surface area contributed by atoms with Gasteiger partial charge in [0.2, 0.25) is 0 Å². The van der Waals surface area contributed by atoms with Crippen LogP contribution in [0.1, 0.15) is 18.4 Å². The molecular weight excluding hydrogens is 228 g/mol. The summed E-state index contributed by atoms with van der Waals surface area (Å²) in [6, 6.07) is 9.33. The van der Waals surface area contributed by atoms with Crippen molar-refractivity contribution >= 4 is 0 Å². The van der Waals surface area contributed by atoms with Gasteiger partial charge in [-0.1, -0.05) is 30.3 Å². The molecule has 5 N–H and O–H groups in total. The Morgan fingerprint density at radius 3 is 2.61 bits per heavy atom. The number of rotatable bonds is 5. The minimum atomic E-state index is -0.888. The number of benzene rings is 1. The summed E-state index contributed by atoms with van der Waals surface area (Å²) in [5.41, 5.74) is 7.06. The van der Waals surface area contributed by atoms with Crippen molar-refractivity contribution in [3.63, 3.8) is 0 Å². The smallest absolute Gasteiger partial charge is 0.0968 e. The lowest BCUT2D eigenvalue weighted by Crippen LogP contribution is -2.51. The van der Waals surface area contributed by atoms with Gasteiger partial charge in [-0.2, -0.15) is 0 Å². The van der Waals surface area contributed by atoms with E-state index in [-0.39, 0.29) is 6.04 Å². The largest absolute Gasteiger partial charge is 0.389 e. The van der Waals surface area contributed by atoms with Gasteiger partial charge in [-0.05, 0) is 31.4 Å². The Morgan fingerprint density at radius 1 is 1.28 bits per heavy atom. The van der Waals surface area contributed by atoms with Gasteiger partial charge in [0, 0.05) is 12.1 Å². The standard InChI is InChI=1S/C14H22N2O2/c15-11(9-10-5-2-1-3-6-10)13(17)14(18)12-7-4-8-16-12/h1-3,5-6,11-14,16-18H,4,7-9,15H2. The van der Waals surface area contributed by atoms with Crippen LogP contribution in [0.3, 0.4) is 0 Å². The molecule has 1 saturated heterocycles. The summed E-state index contributed by atoms with van der Waals surface area (Å²) in [5, 5.41) is 23.4. The Hall–Kier alpha value is -0.940. The molecule has 1 fully saturated rings. The van der Waals surface area contributed by atoms with Crippen molar-refractivity contribution < 1.29 is 10.2 Å². The van der Waals surface area contributed by atoms with Crippen LogP contribution >= 0.6 is 0 Å². The van der Waals surface area contributed by atoms with Crippen molar-refractivity contribution in [3.8, 4) is 0 Å². The van der Waals surface area contributed by atoms with Crippen LogP contribution < -0.4 is 11.1 Å². The van der Waals surface area contributed by atoms with Gasteiger partial charge in [0.15, 0.2) is 0 Å². The van der Waals surface area contributed by atoms with E-state index in [2.05, 4.69) is 5.32 Å². The Morgan fingerprint density at radius 2 is 2.00 bits per heavy atom. The van der Waals surface area contributed by atoms with Crippen LogP contribution in [0, 0.1) is 0 Å². The fraction of sp³-hybridized carbons (Fsp3) is 0.571. The van der Waals surface area contributed by atoms with Gasteiger partial charge in [-0.3, -0.25) is 0 Å². The van der Waals surface area contributed by atoms with Gasteiger partial charge in [-0.25, -0.2) is 0 Å². The fourth-order valence-electron chi connectivity index (χ4n) is 2.50. The average molecular weight is 250 g/mol. The number of hydrogen-bond donors (Lipinski definition) is 4. The predicted octanol–water partition coefficient (Wildman–Crippen LogP) is 0.0302. The molecule has 1 aromatic rings. The highest BCUT2D eigenvalue weighted by atomic mass is 16.3. The van der Waals surface area contributed by atoms with Crippen molar-refractivity contribution in [2.75, 3.05) is 6.54 Å². The van der Waals surface area contributed by atoms with Gasteiger partial charge >= 0.3 is 0 Å². The second kappa shape index (κ2) is 6.29. The highest BCUT2D eigenvalue weighted by molar-refractivity contribution is 5.16. The van der Waals surface area contributed by atoms with Gasteiger partial charge in [0.25, 0.3) is 0 Å². The van der Waals surface area contributed by atoms with Crippen LogP contribution in [0.5, 0.6) is 0 Å². The molecule has 2 rings (SSSR count). The molecule has 0 amide bonds. The van der Waals surface area contributed by atoms with E-state index in [0.717, 1.165) is 24.9 Å². The summed E-state index contributed by atoms with van der Waals surface area (Å²) in [6.07, 6.45) is 0.844. The Labute approximate surface area is 108 Å². The molecule has 1 aliphatic heterocycles. The van der Waals surface area contributed by atoms with E-state index in [9.17, 15) is 10.2 Å². The van der Waals surface area contributed by atoms with Gasteiger partial charge in [-0.15, -0.1) is 0 Å². The maximum atomic E-state index is 10.1. The Bertz CT molecular complexity index is 352. The number of nitrogens with one attached hydrogen (secondary N) is 1. The van der Waals surface area contributed by atoms with Crippen LogP contribution in [0.2, 0.25) is 0 Å². The molecule has 1 aromatic carbocycles. The van der Waals surface area contributed by atoms with Crippen LogP contribution in [-0.4, -0.2) is 41.0 Å². The van der Waals surface area contributed by atoms with Crippen LogP contribution in [0.15, 0.2) is 30.3 Å². The van der Waals surface area contributed by atoms with Crippen molar-refractivity contribution in [2.24, 2.45) is 5.73 Å². The zero-order valence-corrected chi connectivity index (χ0v) is 10.5. The first-order chi connectivity index (χ1) is 8.68. The Balaban J connectivity index is 1.89. The van der Waals surface area contributed by atoms with Crippen LogP contribution in [0.25, 0.3) is 0 Å².